The van der Waals surface area contributed by atoms with Crippen molar-refractivity contribution < 1.29 is 22.8 Å². The summed E-state index contributed by atoms with van der Waals surface area (Å²) >= 11 is 0. The third-order valence-corrected chi connectivity index (χ3v) is 4.02. The minimum Gasteiger partial charge on any atom is -0.466 e. The number of esters is 1. The Morgan fingerprint density at radius 1 is 1.41 bits per heavy atom. The molecule has 17 heavy (non-hydrogen) atoms. The SMILES string of the molecule is CCOC(=O)C1CCN(S(=O)(=O)NOC)CC1. The number of hydrogen-bond donors (Lipinski definition) is 1. The van der Waals surface area contributed by atoms with Gasteiger partial charge >= 0.3 is 16.2 Å². The van der Waals surface area contributed by atoms with Crippen LogP contribution >= 0.6 is 0 Å². The maximum absolute atomic E-state index is 11.6. The zero-order valence-electron chi connectivity index (χ0n) is 10.0. The van der Waals surface area contributed by atoms with Crippen molar-refractivity contribution in [2.24, 2.45) is 5.92 Å². The number of piperidine rings is 1. The summed E-state index contributed by atoms with van der Waals surface area (Å²) in [6.07, 6.45) is 0.951. The van der Waals surface area contributed by atoms with Gasteiger partial charge in [0.25, 0.3) is 0 Å². The van der Waals surface area contributed by atoms with Crippen molar-refractivity contribution >= 4 is 16.2 Å². The topological polar surface area (TPSA) is 84.9 Å². The highest BCUT2D eigenvalue weighted by Gasteiger charge is 2.31. The van der Waals surface area contributed by atoms with Crippen LogP contribution in [0.25, 0.3) is 0 Å². The molecule has 0 spiro atoms. The Kier molecular flexibility index (Phi) is 5.31. The number of carbonyl (C=O) groups is 1. The van der Waals surface area contributed by atoms with Crippen LogP contribution in [0, 0.1) is 5.92 Å². The predicted molar refractivity (Wildman–Crippen MR) is 60.0 cm³/mol. The average molecular weight is 266 g/mol. The van der Waals surface area contributed by atoms with Crippen LogP contribution < -0.4 is 4.89 Å². The summed E-state index contributed by atoms with van der Waals surface area (Å²) in [5, 5.41) is 0. The van der Waals surface area contributed by atoms with Crippen LogP contribution in [0.15, 0.2) is 0 Å². The second-order valence-corrected chi connectivity index (χ2v) is 5.35. The molecule has 1 rings (SSSR count). The van der Waals surface area contributed by atoms with E-state index in [0.29, 0.717) is 32.5 Å². The fourth-order valence-electron chi connectivity index (χ4n) is 1.75. The second kappa shape index (κ2) is 6.29. The van der Waals surface area contributed by atoms with Crippen molar-refractivity contribution in [3.05, 3.63) is 0 Å². The Labute approximate surface area is 101 Å². The number of nitrogens with one attached hydrogen (secondary N) is 1. The van der Waals surface area contributed by atoms with Crippen LogP contribution in [0.1, 0.15) is 19.8 Å². The lowest BCUT2D eigenvalue weighted by Crippen LogP contribution is -2.45. The third kappa shape index (κ3) is 3.91. The minimum atomic E-state index is -3.59. The van der Waals surface area contributed by atoms with Crippen molar-refractivity contribution in [1.29, 1.82) is 0 Å². The molecular formula is C9H18N2O5S. The quantitative estimate of drug-likeness (QED) is 0.543. The van der Waals surface area contributed by atoms with Gasteiger partial charge in [-0.15, -0.1) is 0 Å². The smallest absolute Gasteiger partial charge is 0.309 e. The molecule has 1 fully saturated rings. The summed E-state index contributed by atoms with van der Waals surface area (Å²) in [7, 11) is -2.35. The molecule has 0 aromatic rings. The first-order chi connectivity index (χ1) is 8.01. The van der Waals surface area contributed by atoms with Crippen LogP contribution in [0.2, 0.25) is 0 Å². The number of carbonyl (C=O) groups excluding carboxylic acids is 1. The van der Waals surface area contributed by atoms with Gasteiger partial charge in [-0.3, -0.25) is 9.63 Å². The number of rotatable bonds is 5. The number of nitrogens with zero attached hydrogens (tertiary/aromatic N) is 1. The molecule has 1 aliphatic rings. The van der Waals surface area contributed by atoms with Gasteiger partial charge in [0.05, 0.1) is 19.6 Å². The van der Waals surface area contributed by atoms with Crippen molar-refractivity contribution in [1.82, 2.24) is 9.19 Å². The highest BCUT2D eigenvalue weighted by Crippen LogP contribution is 2.20. The molecule has 1 aliphatic heterocycles. The van der Waals surface area contributed by atoms with E-state index in [4.69, 9.17) is 4.74 Å². The maximum Gasteiger partial charge on any atom is 0.309 e. The summed E-state index contributed by atoms with van der Waals surface area (Å²) in [5.74, 6) is -0.451. The zero-order chi connectivity index (χ0) is 12.9. The molecule has 0 atom stereocenters. The first-order valence-electron chi connectivity index (χ1n) is 5.47. The summed E-state index contributed by atoms with van der Waals surface area (Å²) in [6.45, 7) is 2.69. The van der Waals surface area contributed by atoms with Crippen molar-refractivity contribution in [3.8, 4) is 0 Å². The first kappa shape index (κ1) is 14.4. The monoisotopic (exact) mass is 266 g/mol. The normalized spacial score (nSPS) is 19.2. The third-order valence-electron chi connectivity index (χ3n) is 2.60. The van der Waals surface area contributed by atoms with E-state index in [1.54, 1.807) is 6.92 Å². The van der Waals surface area contributed by atoms with Gasteiger partial charge in [-0.25, -0.2) is 0 Å². The molecule has 1 saturated heterocycles. The highest BCUT2D eigenvalue weighted by atomic mass is 32.2. The molecule has 0 radical (unpaired) electrons. The van der Waals surface area contributed by atoms with E-state index in [9.17, 15) is 13.2 Å². The molecule has 7 nitrogen and oxygen atoms in total. The Morgan fingerprint density at radius 2 is 2.00 bits per heavy atom. The number of hydrogen-bond acceptors (Lipinski definition) is 5. The average Bonchev–Trinajstić information content (AvgIpc) is 2.29. The standard InChI is InChI=1S/C9H18N2O5S/c1-3-16-9(12)8-4-6-11(7-5-8)17(13,14)10-15-2/h8,10H,3-7H2,1-2H3. The molecule has 0 saturated carbocycles. The van der Waals surface area contributed by atoms with Crippen LogP contribution in [-0.4, -0.2) is 45.5 Å². The number of ether oxygens (including phenoxy) is 1. The van der Waals surface area contributed by atoms with Crippen LogP contribution in [0.4, 0.5) is 0 Å². The molecule has 100 valence electrons. The molecule has 0 amide bonds. The maximum atomic E-state index is 11.6. The van der Waals surface area contributed by atoms with Gasteiger partial charge in [0.15, 0.2) is 0 Å². The molecule has 1 heterocycles. The Hall–Kier alpha value is -0.700. The lowest BCUT2D eigenvalue weighted by atomic mass is 9.98. The van der Waals surface area contributed by atoms with Gasteiger partial charge in [-0.2, -0.15) is 12.7 Å². The van der Waals surface area contributed by atoms with Crippen molar-refractivity contribution in [2.75, 3.05) is 26.8 Å². The fraction of sp³-hybridized carbons (Fsp3) is 0.889. The molecular weight excluding hydrogens is 248 g/mol. The Bertz CT molecular complexity index is 348. The van der Waals surface area contributed by atoms with Crippen LogP contribution in [0.5, 0.6) is 0 Å². The molecule has 0 bridgehead atoms. The van der Waals surface area contributed by atoms with Gasteiger partial charge in [0.1, 0.15) is 0 Å². The van der Waals surface area contributed by atoms with E-state index < -0.39 is 10.2 Å². The molecule has 8 heteroatoms. The van der Waals surface area contributed by atoms with Crippen LogP contribution in [-0.2, 0) is 24.6 Å². The lowest BCUT2D eigenvalue weighted by molar-refractivity contribution is -0.149. The van der Waals surface area contributed by atoms with Gasteiger partial charge in [0, 0.05) is 13.1 Å². The van der Waals surface area contributed by atoms with Gasteiger partial charge in [-0.1, -0.05) is 4.89 Å². The summed E-state index contributed by atoms with van der Waals surface area (Å²) in [4.78, 5) is 17.8. The van der Waals surface area contributed by atoms with Crippen molar-refractivity contribution in [2.45, 2.75) is 19.8 Å². The van der Waals surface area contributed by atoms with E-state index in [1.165, 1.54) is 11.4 Å². The minimum absolute atomic E-state index is 0.205. The van der Waals surface area contributed by atoms with Gasteiger partial charge < -0.3 is 4.74 Å². The van der Waals surface area contributed by atoms with E-state index in [0.717, 1.165) is 0 Å². The zero-order valence-corrected chi connectivity index (χ0v) is 10.8. The predicted octanol–water partition coefficient (Wildman–Crippen LogP) is -0.343. The van der Waals surface area contributed by atoms with Crippen molar-refractivity contribution in [3.63, 3.8) is 0 Å². The van der Waals surface area contributed by atoms with Gasteiger partial charge in [0.2, 0.25) is 0 Å². The van der Waals surface area contributed by atoms with E-state index >= 15 is 0 Å². The largest absolute Gasteiger partial charge is 0.466 e. The highest BCUT2D eigenvalue weighted by molar-refractivity contribution is 7.87. The van der Waals surface area contributed by atoms with E-state index in [-0.39, 0.29) is 11.9 Å². The molecule has 0 unspecified atom stereocenters. The van der Waals surface area contributed by atoms with Crippen LogP contribution in [0.3, 0.4) is 0 Å². The fourth-order valence-corrected chi connectivity index (χ4v) is 2.76. The molecule has 0 aromatic carbocycles. The first-order valence-corrected chi connectivity index (χ1v) is 6.91. The summed E-state index contributed by atoms with van der Waals surface area (Å²) < 4.78 is 29.3. The molecule has 1 N–H and O–H groups in total. The summed E-state index contributed by atoms with van der Waals surface area (Å²) in [5.41, 5.74) is 0. The Balaban J connectivity index is 2.48. The summed E-state index contributed by atoms with van der Waals surface area (Å²) in [6, 6.07) is 0. The van der Waals surface area contributed by atoms with E-state index in [2.05, 4.69) is 4.84 Å². The Morgan fingerprint density at radius 3 is 2.47 bits per heavy atom. The molecule has 0 aromatic heterocycles. The van der Waals surface area contributed by atoms with Gasteiger partial charge in [-0.05, 0) is 19.8 Å². The second-order valence-electron chi connectivity index (χ2n) is 3.72. The molecule has 0 aliphatic carbocycles. The van der Waals surface area contributed by atoms with E-state index in [1.807, 2.05) is 4.89 Å². The lowest BCUT2D eigenvalue weighted by Gasteiger charge is -2.29.